The highest BCUT2D eigenvalue weighted by Crippen LogP contribution is 1.99. The number of nitrogens with one attached hydrogen (secondary N) is 2. The molecule has 2 amide bonds. The van der Waals surface area contributed by atoms with Crippen LogP contribution in [0.5, 0.6) is 0 Å². The van der Waals surface area contributed by atoms with Crippen molar-refractivity contribution in [2.24, 2.45) is 0 Å². The van der Waals surface area contributed by atoms with E-state index in [1.165, 1.54) is 0 Å². The number of hydrogen-bond donors (Lipinski definition) is 3. The Kier molecular flexibility index (Phi) is 7.42. The Balaban J connectivity index is 2.40. The summed E-state index contributed by atoms with van der Waals surface area (Å²) < 4.78 is 0. The fraction of sp³-hybridized carbons (Fsp3) is 0.467. The van der Waals surface area contributed by atoms with E-state index in [9.17, 15) is 9.59 Å². The first-order valence-electron chi connectivity index (χ1n) is 7.03. The molecule has 21 heavy (non-hydrogen) atoms. The van der Waals surface area contributed by atoms with Crippen LogP contribution in [-0.4, -0.2) is 47.6 Å². The van der Waals surface area contributed by atoms with Gasteiger partial charge in [-0.05, 0) is 32.4 Å². The molecule has 0 atom stereocenters. The summed E-state index contributed by atoms with van der Waals surface area (Å²) in [6.07, 6.45) is 0.613. The third-order valence-electron chi connectivity index (χ3n) is 3.03. The molecule has 6 nitrogen and oxygen atoms in total. The van der Waals surface area contributed by atoms with Gasteiger partial charge in [-0.25, -0.2) is 0 Å². The highest BCUT2D eigenvalue weighted by molar-refractivity contribution is 5.95. The average molecular weight is 293 g/mol. The molecule has 0 radical (unpaired) electrons. The summed E-state index contributed by atoms with van der Waals surface area (Å²) in [5.74, 6) is -0.638. The molecule has 0 heterocycles. The first-order valence-corrected chi connectivity index (χ1v) is 7.03. The van der Waals surface area contributed by atoms with Gasteiger partial charge in [0.1, 0.15) is 0 Å². The number of rotatable bonds is 7. The number of aliphatic hydroxyl groups excluding tert-OH is 1. The van der Waals surface area contributed by atoms with E-state index in [1.54, 1.807) is 24.3 Å². The molecule has 0 fully saturated rings. The fourth-order valence-electron chi connectivity index (χ4n) is 1.81. The van der Waals surface area contributed by atoms with E-state index in [-0.39, 0.29) is 31.0 Å². The molecule has 3 N–H and O–H groups in total. The van der Waals surface area contributed by atoms with Crippen molar-refractivity contribution >= 4 is 11.8 Å². The normalized spacial score (nSPS) is 10.7. The minimum Gasteiger partial charge on any atom is -0.396 e. The van der Waals surface area contributed by atoms with E-state index in [4.69, 9.17) is 5.11 Å². The van der Waals surface area contributed by atoms with Crippen LogP contribution in [0.2, 0.25) is 0 Å². The average Bonchev–Trinajstić information content (AvgIpc) is 2.49. The number of carbonyl (C=O) groups excluding carboxylic acids is 2. The molecule has 1 aromatic rings. The topological polar surface area (TPSA) is 81.7 Å². The van der Waals surface area contributed by atoms with Crippen molar-refractivity contribution < 1.29 is 14.7 Å². The van der Waals surface area contributed by atoms with Gasteiger partial charge in [0.05, 0.1) is 6.54 Å². The summed E-state index contributed by atoms with van der Waals surface area (Å²) >= 11 is 0. The molecule has 0 aliphatic carbocycles. The van der Waals surface area contributed by atoms with Gasteiger partial charge >= 0.3 is 0 Å². The summed E-state index contributed by atoms with van der Waals surface area (Å²) in [6.45, 7) is 4.86. The number of hydrazine groups is 1. The zero-order valence-corrected chi connectivity index (χ0v) is 12.5. The monoisotopic (exact) mass is 293 g/mol. The van der Waals surface area contributed by atoms with Crippen LogP contribution >= 0.6 is 0 Å². The van der Waals surface area contributed by atoms with E-state index in [0.29, 0.717) is 18.5 Å². The highest BCUT2D eigenvalue weighted by Gasteiger charge is 2.14. The largest absolute Gasteiger partial charge is 0.396 e. The molecule has 0 spiro atoms. The minimum absolute atomic E-state index is 0.0928. The molecule has 0 bridgehead atoms. The van der Waals surface area contributed by atoms with Crippen molar-refractivity contribution in [2.45, 2.75) is 26.3 Å². The molecule has 0 aliphatic rings. The van der Waals surface area contributed by atoms with Crippen LogP contribution in [0.25, 0.3) is 0 Å². The van der Waals surface area contributed by atoms with Crippen LogP contribution < -0.4 is 10.9 Å². The number of amides is 2. The smallest absolute Gasteiger partial charge is 0.269 e. The maximum atomic E-state index is 11.8. The number of hydrogen-bond acceptors (Lipinski definition) is 4. The Bertz CT molecular complexity index is 449. The van der Waals surface area contributed by atoms with Crippen LogP contribution in [-0.2, 0) is 4.79 Å². The van der Waals surface area contributed by atoms with Gasteiger partial charge < -0.3 is 5.11 Å². The summed E-state index contributed by atoms with van der Waals surface area (Å²) in [4.78, 5) is 25.5. The quantitative estimate of drug-likeness (QED) is 0.641. The molecule has 1 rings (SSSR count). The van der Waals surface area contributed by atoms with Gasteiger partial charge in [0.15, 0.2) is 0 Å². The molecular formula is C15H23N3O3. The summed E-state index contributed by atoms with van der Waals surface area (Å²) in [5.41, 5.74) is 5.27. The summed E-state index contributed by atoms with van der Waals surface area (Å²) in [6, 6.07) is 8.86. The predicted octanol–water partition coefficient (Wildman–Crippen LogP) is 0.540. The second-order valence-corrected chi connectivity index (χ2v) is 5.01. The minimum atomic E-state index is -0.351. The first kappa shape index (κ1) is 17.1. The maximum Gasteiger partial charge on any atom is 0.269 e. The molecule has 6 heteroatoms. The van der Waals surface area contributed by atoms with Crippen molar-refractivity contribution in [2.75, 3.05) is 19.7 Å². The second-order valence-electron chi connectivity index (χ2n) is 5.01. The van der Waals surface area contributed by atoms with Gasteiger partial charge in [0, 0.05) is 24.8 Å². The number of benzene rings is 1. The zero-order valence-electron chi connectivity index (χ0n) is 12.5. The third-order valence-corrected chi connectivity index (χ3v) is 3.03. The molecule has 0 saturated carbocycles. The van der Waals surface area contributed by atoms with Crippen LogP contribution in [0, 0.1) is 0 Å². The molecule has 0 saturated heterocycles. The number of nitrogens with zero attached hydrogens (tertiary/aromatic N) is 1. The lowest BCUT2D eigenvalue weighted by molar-refractivity contribution is -0.123. The van der Waals surface area contributed by atoms with Gasteiger partial charge in [-0.3, -0.25) is 25.3 Å². The summed E-state index contributed by atoms with van der Waals surface area (Å²) in [5, 5.41) is 8.85. The molecule has 1 aromatic carbocycles. The third kappa shape index (κ3) is 6.37. The SMILES string of the molecule is CC(C)N(CCCO)CC(=O)NNC(=O)c1ccccc1. The van der Waals surface area contributed by atoms with Crippen LogP contribution in [0.3, 0.4) is 0 Å². The number of carbonyl (C=O) groups is 2. The van der Waals surface area contributed by atoms with E-state index < -0.39 is 0 Å². The molecule has 0 aliphatic heterocycles. The van der Waals surface area contributed by atoms with Crippen LogP contribution in [0.15, 0.2) is 30.3 Å². The van der Waals surface area contributed by atoms with Gasteiger partial charge in [-0.1, -0.05) is 18.2 Å². The van der Waals surface area contributed by atoms with Gasteiger partial charge in [-0.15, -0.1) is 0 Å². The summed E-state index contributed by atoms with van der Waals surface area (Å²) in [7, 11) is 0. The van der Waals surface area contributed by atoms with Crippen molar-refractivity contribution in [3.8, 4) is 0 Å². The van der Waals surface area contributed by atoms with Crippen molar-refractivity contribution in [3.05, 3.63) is 35.9 Å². The van der Waals surface area contributed by atoms with Crippen molar-refractivity contribution in [1.82, 2.24) is 15.8 Å². The van der Waals surface area contributed by atoms with Gasteiger partial charge in [-0.2, -0.15) is 0 Å². The molecular weight excluding hydrogens is 270 g/mol. The lowest BCUT2D eigenvalue weighted by Crippen LogP contribution is -2.48. The molecule has 116 valence electrons. The Morgan fingerprint density at radius 1 is 1.19 bits per heavy atom. The highest BCUT2D eigenvalue weighted by atomic mass is 16.3. The van der Waals surface area contributed by atoms with Crippen LogP contribution in [0.1, 0.15) is 30.6 Å². The van der Waals surface area contributed by atoms with Gasteiger partial charge in [0.2, 0.25) is 0 Å². The first-order chi connectivity index (χ1) is 10.0. The predicted molar refractivity (Wildman–Crippen MR) is 80.5 cm³/mol. The van der Waals surface area contributed by atoms with Crippen LogP contribution in [0.4, 0.5) is 0 Å². The standard InChI is InChI=1S/C15H23N3O3/c1-12(2)18(9-6-10-19)11-14(20)16-17-15(21)13-7-4-3-5-8-13/h3-5,7-8,12,19H,6,9-11H2,1-2H3,(H,16,20)(H,17,21). The lowest BCUT2D eigenvalue weighted by atomic mass is 10.2. The lowest BCUT2D eigenvalue weighted by Gasteiger charge is -2.25. The Labute approximate surface area is 125 Å². The molecule has 0 unspecified atom stereocenters. The zero-order chi connectivity index (χ0) is 15.7. The van der Waals surface area contributed by atoms with Crippen molar-refractivity contribution in [1.29, 1.82) is 0 Å². The van der Waals surface area contributed by atoms with E-state index in [0.717, 1.165) is 0 Å². The Morgan fingerprint density at radius 2 is 1.86 bits per heavy atom. The number of aliphatic hydroxyl groups is 1. The van der Waals surface area contributed by atoms with E-state index >= 15 is 0 Å². The Hall–Kier alpha value is -1.92. The second kappa shape index (κ2) is 9.10. The van der Waals surface area contributed by atoms with Crippen molar-refractivity contribution in [3.63, 3.8) is 0 Å². The molecule has 0 aromatic heterocycles. The maximum absolute atomic E-state index is 11.8. The van der Waals surface area contributed by atoms with E-state index in [2.05, 4.69) is 10.9 Å². The Morgan fingerprint density at radius 3 is 2.43 bits per heavy atom. The fourth-order valence-corrected chi connectivity index (χ4v) is 1.81. The van der Waals surface area contributed by atoms with Gasteiger partial charge in [0.25, 0.3) is 11.8 Å². The van der Waals surface area contributed by atoms with E-state index in [1.807, 2.05) is 24.8 Å².